The van der Waals surface area contributed by atoms with Crippen LogP contribution in [0.1, 0.15) is 18.9 Å². The summed E-state index contributed by atoms with van der Waals surface area (Å²) in [7, 11) is 0. The lowest BCUT2D eigenvalue weighted by Gasteiger charge is -2.33. The normalized spacial score (nSPS) is 20.0. The number of hydrogen-bond acceptors (Lipinski definition) is 5. The zero-order valence-electron chi connectivity index (χ0n) is 9.89. The van der Waals surface area contributed by atoms with E-state index in [9.17, 15) is 0 Å². The maximum absolute atomic E-state index is 8.78. The topological polar surface area (TPSA) is 65.9 Å². The van der Waals surface area contributed by atoms with Crippen LogP contribution in [-0.2, 0) is 0 Å². The molecule has 0 aliphatic carbocycles. The first-order valence-electron chi connectivity index (χ1n) is 5.76. The van der Waals surface area contributed by atoms with Crippen molar-refractivity contribution >= 4 is 23.3 Å². The van der Waals surface area contributed by atoms with E-state index in [1.54, 1.807) is 12.3 Å². The number of nitrogens with two attached hydrogens (primary N) is 1. The van der Waals surface area contributed by atoms with E-state index in [0.29, 0.717) is 16.5 Å². The van der Waals surface area contributed by atoms with E-state index in [4.69, 9.17) is 11.0 Å². The molecule has 0 amide bonds. The second kappa shape index (κ2) is 5.28. The van der Waals surface area contributed by atoms with E-state index in [1.165, 1.54) is 0 Å². The van der Waals surface area contributed by atoms with Crippen molar-refractivity contribution in [3.63, 3.8) is 0 Å². The van der Waals surface area contributed by atoms with E-state index >= 15 is 0 Å². The third kappa shape index (κ3) is 2.64. The number of aromatic nitrogens is 1. The van der Waals surface area contributed by atoms with Crippen LogP contribution in [0.4, 0.5) is 11.5 Å². The van der Waals surface area contributed by atoms with Gasteiger partial charge in [-0.05, 0) is 12.5 Å². The van der Waals surface area contributed by atoms with Crippen molar-refractivity contribution in [1.82, 2.24) is 4.98 Å². The zero-order valence-corrected chi connectivity index (χ0v) is 10.7. The molecule has 0 spiro atoms. The second-order valence-corrected chi connectivity index (χ2v) is 5.50. The van der Waals surface area contributed by atoms with Crippen molar-refractivity contribution in [3.05, 3.63) is 17.8 Å². The summed E-state index contributed by atoms with van der Waals surface area (Å²) in [6.45, 7) is 4.17. The molecule has 90 valence electrons. The predicted octanol–water partition coefficient (Wildman–Crippen LogP) is 1.87. The highest BCUT2D eigenvalue weighted by atomic mass is 32.2. The molecule has 0 radical (unpaired) electrons. The Kier molecular flexibility index (Phi) is 3.75. The molecule has 17 heavy (non-hydrogen) atoms. The van der Waals surface area contributed by atoms with Crippen LogP contribution in [0.3, 0.4) is 0 Å². The molecule has 1 unspecified atom stereocenters. The van der Waals surface area contributed by atoms with Gasteiger partial charge in [-0.1, -0.05) is 6.92 Å². The van der Waals surface area contributed by atoms with Crippen LogP contribution < -0.4 is 10.6 Å². The van der Waals surface area contributed by atoms with Crippen molar-refractivity contribution in [3.8, 4) is 6.07 Å². The molecule has 1 aliphatic rings. The second-order valence-electron chi connectivity index (χ2n) is 4.10. The van der Waals surface area contributed by atoms with Gasteiger partial charge >= 0.3 is 0 Å². The number of nitrogens with zero attached hydrogens (tertiary/aromatic N) is 3. The van der Waals surface area contributed by atoms with Crippen LogP contribution in [0.2, 0.25) is 0 Å². The molecule has 1 atom stereocenters. The van der Waals surface area contributed by atoms with Gasteiger partial charge in [0.25, 0.3) is 0 Å². The quantitative estimate of drug-likeness (QED) is 0.865. The Labute approximate surface area is 106 Å². The number of anilines is 2. The van der Waals surface area contributed by atoms with Crippen molar-refractivity contribution in [1.29, 1.82) is 5.26 Å². The average Bonchev–Trinajstić information content (AvgIpc) is 2.38. The summed E-state index contributed by atoms with van der Waals surface area (Å²) in [6.07, 6.45) is 2.76. The number of nitrogen functional groups attached to an aromatic ring is 1. The lowest BCUT2D eigenvalue weighted by molar-refractivity contribution is 0.721. The molecule has 1 fully saturated rings. The number of hydrogen-bond donors (Lipinski definition) is 1. The zero-order chi connectivity index (χ0) is 12.3. The highest BCUT2D eigenvalue weighted by Gasteiger charge is 2.21. The molecule has 2 heterocycles. The summed E-state index contributed by atoms with van der Waals surface area (Å²) in [4.78, 5) is 6.53. The third-order valence-electron chi connectivity index (χ3n) is 2.92. The van der Waals surface area contributed by atoms with Crippen LogP contribution in [0.25, 0.3) is 0 Å². The van der Waals surface area contributed by atoms with Crippen LogP contribution in [0.5, 0.6) is 0 Å². The van der Waals surface area contributed by atoms with Gasteiger partial charge in [-0.2, -0.15) is 17.0 Å². The fourth-order valence-electron chi connectivity index (χ4n) is 1.96. The largest absolute Gasteiger partial charge is 0.396 e. The minimum absolute atomic E-state index is 0.518. The number of rotatable bonds is 2. The van der Waals surface area contributed by atoms with Gasteiger partial charge in [0.1, 0.15) is 6.07 Å². The van der Waals surface area contributed by atoms with Gasteiger partial charge in [-0.3, -0.25) is 0 Å². The fraction of sp³-hybridized carbons (Fsp3) is 0.500. The lowest BCUT2D eigenvalue weighted by Crippen LogP contribution is -2.38. The molecule has 1 aromatic heterocycles. The van der Waals surface area contributed by atoms with Crippen LogP contribution in [0.15, 0.2) is 12.3 Å². The van der Waals surface area contributed by atoms with Crippen molar-refractivity contribution in [2.24, 2.45) is 0 Å². The van der Waals surface area contributed by atoms with Gasteiger partial charge in [-0.15, -0.1) is 0 Å². The molecule has 4 nitrogen and oxygen atoms in total. The number of pyridine rings is 1. The van der Waals surface area contributed by atoms with Gasteiger partial charge in [0.2, 0.25) is 0 Å². The molecule has 0 aromatic carbocycles. The summed E-state index contributed by atoms with van der Waals surface area (Å²) in [5.74, 6) is 1.93. The number of nitriles is 1. The Bertz CT molecular complexity index is 441. The van der Waals surface area contributed by atoms with E-state index in [0.717, 1.165) is 31.1 Å². The fourth-order valence-corrected chi connectivity index (χ4v) is 3.14. The van der Waals surface area contributed by atoms with Gasteiger partial charge in [-0.25, -0.2) is 4.98 Å². The number of thioether (sulfide) groups is 1. The molecule has 1 saturated heterocycles. The first kappa shape index (κ1) is 12.1. The smallest absolute Gasteiger partial charge is 0.151 e. The van der Waals surface area contributed by atoms with Crippen LogP contribution >= 0.6 is 11.8 Å². The Morgan fingerprint density at radius 2 is 2.53 bits per heavy atom. The van der Waals surface area contributed by atoms with Gasteiger partial charge in [0.15, 0.2) is 5.82 Å². The minimum atomic E-state index is 0.518. The summed E-state index contributed by atoms with van der Waals surface area (Å²) < 4.78 is 0. The Morgan fingerprint density at radius 3 is 3.18 bits per heavy atom. The highest BCUT2D eigenvalue weighted by molar-refractivity contribution is 8.00. The SMILES string of the molecule is CCC1CN(c2ncc(C#N)cc2N)CCS1. The Balaban J connectivity index is 2.19. The van der Waals surface area contributed by atoms with E-state index in [1.807, 2.05) is 11.8 Å². The summed E-state index contributed by atoms with van der Waals surface area (Å²) >= 11 is 2.01. The van der Waals surface area contributed by atoms with Crippen LogP contribution in [-0.4, -0.2) is 29.1 Å². The monoisotopic (exact) mass is 248 g/mol. The van der Waals surface area contributed by atoms with E-state index in [-0.39, 0.29) is 0 Å². The van der Waals surface area contributed by atoms with Crippen molar-refractivity contribution < 1.29 is 0 Å². The van der Waals surface area contributed by atoms with E-state index in [2.05, 4.69) is 22.9 Å². The summed E-state index contributed by atoms with van der Waals surface area (Å²) in [6, 6.07) is 3.75. The average molecular weight is 248 g/mol. The summed E-state index contributed by atoms with van der Waals surface area (Å²) in [5, 5.41) is 9.43. The Morgan fingerprint density at radius 1 is 1.71 bits per heavy atom. The molecule has 2 N–H and O–H groups in total. The van der Waals surface area contributed by atoms with Crippen molar-refractivity contribution in [2.45, 2.75) is 18.6 Å². The predicted molar refractivity (Wildman–Crippen MR) is 72.1 cm³/mol. The summed E-state index contributed by atoms with van der Waals surface area (Å²) in [5.41, 5.74) is 7.07. The molecule has 2 rings (SSSR count). The standard InChI is InChI=1S/C12H16N4S/c1-2-10-8-16(3-4-17-10)12-11(14)5-9(6-13)7-15-12/h5,7,10H,2-4,8,14H2,1H3. The highest BCUT2D eigenvalue weighted by Crippen LogP contribution is 2.28. The van der Waals surface area contributed by atoms with Gasteiger partial charge in [0, 0.05) is 30.3 Å². The maximum atomic E-state index is 8.78. The first-order chi connectivity index (χ1) is 8.24. The van der Waals surface area contributed by atoms with Gasteiger partial charge < -0.3 is 10.6 Å². The van der Waals surface area contributed by atoms with Gasteiger partial charge in [0.05, 0.1) is 11.3 Å². The lowest BCUT2D eigenvalue weighted by atomic mass is 10.2. The maximum Gasteiger partial charge on any atom is 0.151 e. The third-order valence-corrected chi connectivity index (χ3v) is 4.29. The van der Waals surface area contributed by atoms with Crippen LogP contribution in [0, 0.1) is 11.3 Å². The molecule has 0 saturated carbocycles. The molecular formula is C12H16N4S. The minimum Gasteiger partial charge on any atom is -0.396 e. The Hall–Kier alpha value is -1.41. The molecular weight excluding hydrogens is 232 g/mol. The first-order valence-corrected chi connectivity index (χ1v) is 6.81. The van der Waals surface area contributed by atoms with E-state index < -0.39 is 0 Å². The molecule has 1 aliphatic heterocycles. The molecule has 0 bridgehead atoms. The molecule has 1 aromatic rings. The molecule has 5 heteroatoms. The van der Waals surface area contributed by atoms with Crippen molar-refractivity contribution in [2.75, 3.05) is 29.5 Å².